The fraction of sp³-hybridized carbons (Fsp3) is 0.125. The summed E-state index contributed by atoms with van der Waals surface area (Å²) in [5.41, 5.74) is 5.77. The maximum Gasteiger partial charge on any atom is 0.262 e. The van der Waals surface area contributed by atoms with E-state index < -0.39 is 5.91 Å². The molecule has 0 spiro atoms. The lowest BCUT2D eigenvalue weighted by atomic mass is 10.3. The van der Waals surface area contributed by atoms with E-state index in [1.165, 1.54) is 11.8 Å². The Kier molecular flexibility index (Phi) is 5.85. The van der Waals surface area contributed by atoms with Crippen LogP contribution in [-0.2, 0) is 9.59 Å². The number of nitrogens with one attached hydrogen (secondary N) is 1. The average molecular weight is 316 g/mol. The highest BCUT2D eigenvalue weighted by atomic mass is 32.2. The topological polar surface area (TPSA) is 81.4 Å². The van der Waals surface area contributed by atoms with Crippen molar-refractivity contribution in [1.29, 1.82) is 0 Å². The van der Waals surface area contributed by atoms with Crippen LogP contribution < -0.4 is 15.8 Å². The number of hydrogen-bond donors (Lipinski definition) is 2. The summed E-state index contributed by atoms with van der Waals surface area (Å²) in [4.78, 5) is 23.6. The molecule has 5 nitrogen and oxygen atoms in total. The Bertz CT molecular complexity index is 647. The van der Waals surface area contributed by atoms with Gasteiger partial charge in [-0.05, 0) is 24.3 Å². The van der Waals surface area contributed by atoms with Crippen molar-refractivity contribution in [2.45, 2.75) is 4.90 Å². The summed E-state index contributed by atoms with van der Waals surface area (Å²) >= 11 is 1.28. The second kappa shape index (κ2) is 8.09. The van der Waals surface area contributed by atoms with Crippen LogP contribution in [0.3, 0.4) is 0 Å². The minimum Gasteiger partial charge on any atom is -0.484 e. The Balaban J connectivity index is 1.92. The van der Waals surface area contributed by atoms with Crippen molar-refractivity contribution in [1.82, 2.24) is 0 Å². The molecule has 0 saturated heterocycles. The molecule has 0 bridgehead atoms. The van der Waals surface area contributed by atoms with E-state index in [-0.39, 0.29) is 18.3 Å². The molecule has 2 aromatic carbocycles. The standard InChI is InChI=1S/C16H16N2O3S/c17-15(19)11-22-14-9-5-4-8-13(14)18-16(20)10-21-12-6-2-1-3-7-12/h1-9H,10-11H2,(H2,17,19)(H,18,20). The maximum atomic E-state index is 11.9. The Morgan fingerprint density at radius 3 is 2.45 bits per heavy atom. The van der Waals surface area contributed by atoms with E-state index in [1.54, 1.807) is 18.2 Å². The number of ether oxygens (including phenoxy) is 1. The van der Waals surface area contributed by atoms with Crippen LogP contribution in [0.4, 0.5) is 5.69 Å². The third kappa shape index (κ3) is 5.14. The summed E-state index contributed by atoms with van der Waals surface area (Å²) in [5.74, 6) is 0.122. The van der Waals surface area contributed by atoms with Crippen molar-refractivity contribution < 1.29 is 14.3 Å². The lowest BCUT2D eigenvalue weighted by molar-refractivity contribution is -0.118. The van der Waals surface area contributed by atoms with Gasteiger partial charge in [0.05, 0.1) is 11.4 Å². The molecular weight excluding hydrogens is 300 g/mol. The Morgan fingerprint density at radius 2 is 1.73 bits per heavy atom. The predicted octanol–water partition coefficient (Wildman–Crippen LogP) is 2.28. The summed E-state index contributed by atoms with van der Waals surface area (Å²) < 4.78 is 5.39. The third-order valence-electron chi connectivity index (χ3n) is 2.64. The molecule has 0 unspecified atom stereocenters. The lowest BCUT2D eigenvalue weighted by Gasteiger charge is -2.11. The summed E-state index contributed by atoms with van der Waals surface area (Å²) in [6.07, 6.45) is 0. The number of para-hydroxylation sites is 2. The van der Waals surface area contributed by atoms with Gasteiger partial charge in [0.1, 0.15) is 5.75 Å². The number of rotatable bonds is 7. The quantitative estimate of drug-likeness (QED) is 0.768. The van der Waals surface area contributed by atoms with E-state index >= 15 is 0 Å². The van der Waals surface area contributed by atoms with Gasteiger partial charge in [-0.2, -0.15) is 0 Å². The first-order valence-corrected chi connectivity index (χ1v) is 7.61. The summed E-state index contributed by atoms with van der Waals surface area (Å²) in [7, 11) is 0. The number of amides is 2. The lowest BCUT2D eigenvalue weighted by Crippen LogP contribution is -2.20. The summed E-state index contributed by atoms with van der Waals surface area (Å²) in [6.45, 7) is -0.0845. The van der Waals surface area contributed by atoms with Crippen LogP contribution in [0.5, 0.6) is 5.75 Å². The van der Waals surface area contributed by atoms with Gasteiger partial charge in [0, 0.05) is 4.90 Å². The van der Waals surface area contributed by atoms with Gasteiger partial charge in [-0.25, -0.2) is 0 Å². The molecule has 0 aromatic heterocycles. The average Bonchev–Trinajstić information content (AvgIpc) is 2.53. The van der Waals surface area contributed by atoms with E-state index in [9.17, 15) is 9.59 Å². The molecule has 0 atom stereocenters. The molecular formula is C16H16N2O3S. The fourth-order valence-corrected chi connectivity index (χ4v) is 2.44. The number of carbonyl (C=O) groups is 2. The molecule has 3 N–H and O–H groups in total. The van der Waals surface area contributed by atoms with Gasteiger partial charge in [0.15, 0.2) is 6.61 Å². The third-order valence-corrected chi connectivity index (χ3v) is 3.74. The Labute approximate surface area is 132 Å². The highest BCUT2D eigenvalue weighted by molar-refractivity contribution is 8.00. The first-order valence-electron chi connectivity index (χ1n) is 6.63. The van der Waals surface area contributed by atoms with E-state index in [1.807, 2.05) is 36.4 Å². The van der Waals surface area contributed by atoms with Crippen LogP contribution in [-0.4, -0.2) is 24.2 Å². The van der Waals surface area contributed by atoms with Gasteiger partial charge >= 0.3 is 0 Å². The molecule has 0 aliphatic rings. The van der Waals surface area contributed by atoms with Crippen molar-refractivity contribution in [2.75, 3.05) is 17.7 Å². The number of primary amides is 1. The maximum absolute atomic E-state index is 11.9. The van der Waals surface area contributed by atoms with Crippen LogP contribution in [0.15, 0.2) is 59.5 Å². The van der Waals surface area contributed by atoms with Gasteiger partial charge in [0.25, 0.3) is 5.91 Å². The monoisotopic (exact) mass is 316 g/mol. The molecule has 0 radical (unpaired) electrons. The molecule has 22 heavy (non-hydrogen) atoms. The predicted molar refractivity (Wildman–Crippen MR) is 86.9 cm³/mol. The van der Waals surface area contributed by atoms with Crippen LogP contribution in [0.25, 0.3) is 0 Å². The number of nitrogens with two attached hydrogens (primary N) is 1. The number of carbonyl (C=O) groups excluding carboxylic acids is 2. The van der Waals surface area contributed by atoms with Crippen molar-refractivity contribution in [3.05, 3.63) is 54.6 Å². The van der Waals surface area contributed by atoms with Crippen LogP contribution in [0.2, 0.25) is 0 Å². The molecule has 0 fully saturated rings. The van der Waals surface area contributed by atoms with Crippen LogP contribution in [0, 0.1) is 0 Å². The zero-order valence-corrected chi connectivity index (χ0v) is 12.6. The van der Waals surface area contributed by atoms with Crippen LogP contribution in [0.1, 0.15) is 0 Å². The van der Waals surface area contributed by atoms with Crippen LogP contribution >= 0.6 is 11.8 Å². The van der Waals surface area contributed by atoms with E-state index in [0.717, 1.165) is 4.90 Å². The zero-order valence-electron chi connectivity index (χ0n) is 11.8. The number of anilines is 1. The minimum atomic E-state index is -0.404. The normalized spacial score (nSPS) is 10.0. The molecule has 6 heteroatoms. The van der Waals surface area contributed by atoms with Crippen molar-refractivity contribution >= 4 is 29.3 Å². The number of hydrogen-bond acceptors (Lipinski definition) is 4. The molecule has 2 aromatic rings. The van der Waals surface area contributed by atoms with Gasteiger partial charge < -0.3 is 15.8 Å². The first-order chi connectivity index (χ1) is 10.6. The number of benzene rings is 2. The highest BCUT2D eigenvalue weighted by Gasteiger charge is 2.08. The molecule has 114 valence electrons. The fourth-order valence-electron chi connectivity index (χ4n) is 1.70. The SMILES string of the molecule is NC(=O)CSc1ccccc1NC(=O)COc1ccccc1. The highest BCUT2D eigenvalue weighted by Crippen LogP contribution is 2.26. The summed E-state index contributed by atoms with van der Waals surface area (Å²) in [6, 6.07) is 16.3. The van der Waals surface area contributed by atoms with E-state index in [2.05, 4.69) is 5.32 Å². The van der Waals surface area contributed by atoms with Gasteiger partial charge in [-0.15, -0.1) is 11.8 Å². The van der Waals surface area contributed by atoms with Crippen molar-refractivity contribution in [3.63, 3.8) is 0 Å². The second-order valence-electron chi connectivity index (χ2n) is 4.40. The van der Waals surface area contributed by atoms with E-state index in [4.69, 9.17) is 10.5 Å². The zero-order chi connectivity index (χ0) is 15.8. The smallest absolute Gasteiger partial charge is 0.262 e. The van der Waals surface area contributed by atoms with Gasteiger partial charge in [0.2, 0.25) is 5.91 Å². The molecule has 0 saturated carbocycles. The molecule has 0 aliphatic carbocycles. The second-order valence-corrected chi connectivity index (χ2v) is 5.42. The van der Waals surface area contributed by atoms with Crippen molar-refractivity contribution in [2.24, 2.45) is 5.73 Å². The Hall–Kier alpha value is -2.47. The molecule has 2 amide bonds. The van der Waals surface area contributed by atoms with Gasteiger partial charge in [-0.3, -0.25) is 9.59 Å². The molecule has 0 aliphatic heterocycles. The van der Waals surface area contributed by atoms with Crippen molar-refractivity contribution in [3.8, 4) is 5.75 Å². The first kappa shape index (κ1) is 15.9. The number of thioether (sulfide) groups is 1. The molecule has 0 heterocycles. The summed E-state index contributed by atoms with van der Waals surface area (Å²) in [5, 5.41) is 2.77. The Morgan fingerprint density at radius 1 is 1.05 bits per heavy atom. The minimum absolute atomic E-state index is 0.0845. The largest absolute Gasteiger partial charge is 0.484 e. The van der Waals surface area contributed by atoms with Gasteiger partial charge in [-0.1, -0.05) is 30.3 Å². The van der Waals surface area contributed by atoms with E-state index in [0.29, 0.717) is 11.4 Å². The molecule has 2 rings (SSSR count).